The topological polar surface area (TPSA) is 34.9 Å². The minimum Gasteiger partial charge on any atom is -0.268 e. The average Bonchev–Trinajstić information content (AvgIpc) is 2.36. The van der Waals surface area contributed by atoms with Crippen LogP contribution in [0.3, 0.4) is 0 Å². The average molecular weight is 419 g/mol. The van der Waals surface area contributed by atoms with E-state index in [0.717, 1.165) is 22.8 Å². The van der Waals surface area contributed by atoms with Gasteiger partial charge in [-0.15, -0.1) is 0 Å². The van der Waals surface area contributed by atoms with Crippen LogP contribution in [0.15, 0.2) is 41.2 Å². The normalized spacial score (nSPS) is 11.0. The zero-order chi connectivity index (χ0) is 15.1. The fourth-order valence-electron chi connectivity index (χ4n) is 2.05. The van der Waals surface area contributed by atoms with Crippen LogP contribution in [0, 0.1) is 15.5 Å². The second-order valence-corrected chi connectivity index (χ2v) is 5.66. The maximum Gasteiger partial charge on any atom is 0.268 e. The van der Waals surface area contributed by atoms with Crippen LogP contribution in [0.25, 0.3) is 16.6 Å². The van der Waals surface area contributed by atoms with Gasteiger partial charge in [-0.1, -0.05) is 17.7 Å². The third-order valence-electron chi connectivity index (χ3n) is 2.91. The van der Waals surface area contributed by atoms with Crippen molar-refractivity contribution in [1.29, 1.82) is 0 Å². The van der Waals surface area contributed by atoms with Gasteiger partial charge in [0.15, 0.2) is 3.83 Å². The summed E-state index contributed by atoms with van der Waals surface area (Å²) >= 11 is 7.87. The van der Waals surface area contributed by atoms with Crippen molar-refractivity contribution in [3.8, 4) is 5.69 Å². The first kappa shape index (κ1) is 14.4. The Hall–Kier alpha value is -1.54. The number of rotatable bonds is 1. The molecule has 3 aromatic rings. The van der Waals surface area contributed by atoms with Crippen LogP contribution < -0.4 is 5.56 Å². The van der Waals surface area contributed by atoms with Crippen molar-refractivity contribution in [2.24, 2.45) is 0 Å². The molecule has 0 aliphatic carbocycles. The number of hydrogen-bond donors (Lipinski definition) is 0. The Labute approximate surface area is 136 Å². The fourth-order valence-corrected chi connectivity index (χ4v) is 3.06. The molecule has 0 aliphatic heterocycles. The third kappa shape index (κ3) is 2.53. The second kappa shape index (κ2) is 5.34. The van der Waals surface area contributed by atoms with Crippen molar-refractivity contribution in [2.75, 3.05) is 0 Å². The van der Waals surface area contributed by atoms with Crippen LogP contribution in [-0.4, -0.2) is 9.55 Å². The van der Waals surface area contributed by atoms with Crippen LogP contribution in [-0.2, 0) is 0 Å². The summed E-state index contributed by atoms with van der Waals surface area (Å²) in [5.74, 6) is -1.54. The highest BCUT2D eigenvalue weighted by atomic mass is 127. The Balaban J connectivity index is 2.43. The second-order valence-electron chi connectivity index (χ2n) is 4.28. The van der Waals surface area contributed by atoms with Gasteiger partial charge >= 0.3 is 0 Å². The lowest BCUT2D eigenvalue weighted by Crippen LogP contribution is -2.23. The molecule has 1 aromatic heterocycles. The van der Waals surface area contributed by atoms with Gasteiger partial charge in [-0.25, -0.2) is 13.8 Å². The first-order chi connectivity index (χ1) is 9.97. The van der Waals surface area contributed by atoms with Crippen molar-refractivity contribution in [1.82, 2.24) is 9.55 Å². The first-order valence-corrected chi connectivity index (χ1v) is 7.26. The Morgan fingerprint density at radius 2 is 1.81 bits per heavy atom. The van der Waals surface area contributed by atoms with Crippen LogP contribution >= 0.6 is 34.2 Å². The van der Waals surface area contributed by atoms with Crippen molar-refractivity contribution in [3.63, 3.8) is 0 Å². The summed E-state index contributed by atoms with van der Waals surface area (Å²) in [4.78, 5) is 16.8. The Kier molecular flexibility index (Phi) is 3.66. The monoisotopic (exact) mass is 418 g/mol. The smallest absolute Gasteiger partial charge is 0.268 e. The molecule has 2 aromatic carbocycles. The summed E-state index contributed by atoms with van der Waals surface area (Å²) < 4.78 is 28.1. The molecule has 1 heterocycles. The molecule has 3 nitrogen and oxygen atoms in total. The van der Waals surface area contributed by atoms with Gasteiger partial charge in [0.1, 0.15) is 11.6 Å². The number of benzene rings is 2. The largest absolute Gasteiger partial charge is 0.268 e. The third-order valence-corrected chi connectivity index (χ3v) is 3.95. The van der Waals surface area contributed by atoms with E-state index in [9.17, 15) is 13.6 Å². The van der Waals surface area contributed by atoms with E-state index in [4.69, 9.17) is 11.6 Å². The fraction of sp³-hybridized carbons (Fsp3) is 0. The molecule has 0 saturated heterocycles. The molecule has 0 N–H and O–H groups in total. The molecule has 0 unspecified atom stereocenters. The van der Waals surface area contributed by atoms with Gasteiger partial charge in [0.25, 0.3) is 5.56 Å². The minimum absolute atomic E-state index is 0.0659. The van der Waals surface area contributed by atoms with Crippen LogP contribution in [0.4, 0.5) is 8.78 Å². The number of nitrogens with zero attached hydrogens (tertiary/aromatic N) is 2. The molecule has 0 amide bonds. The van der Waals surface area contributed by atoms with Gasteiger partial charge in [-0.2, -0.15) is 0 Å². The molecule has 0 aliphatic rings. The van der Waals surface area contributed by atoms with Crippen LogP contribution in [0.5, 0.6) is 0 Å². The zero-order valence-electron chi connectivity index (χ0n) is 10.3. The molecular formula is C14H6ClF2IN2O. The lowest BCUT2D eigenvalue weighted by Gasteiger charge is -2.10. The molecule has 7 heteroatoms. The molecule has 0 saturated carbocycles. The molecule has 106 valence electrons. The van der Waals surface area contributed by atoms with Crippen molar-refractivity contribution in [3.05, 3.63) is 67.2 Å². The van der Waals surface area contributed by atoms with E-state index in [1.807, 2.05) is 22.6 Å². The Morgan fingerprint density at radius 1 is 1.14 bits per heavy atom. The summed E-state index contributed by atoms with van der Waals surface area (Å²) in [6.07, 6.45) is 0. The standard InChI is InChI=1S/C14H6ClF2IN2O/c15-10-2-1-3-11-12(10)13(21)20(14(18)19-11)9-5-7(16)4-8(17)6-9/h1-6H. The van der Waals surface area contributed by atoms with E-state index >= 15 is 0 Å². The van der Waals surface area contributed by atoms with E-state index in [1.165, 1.54) is 0 Å². The Morgan fingerprint density at radius 3 is 2.48 bits per heavy atom. The quantitative estimate of drug-likeness (QED) is 0.443. The van der Waals surface area contributed by atoms with E-state index in [1.54, 1.807) is 18.2 Å². The molecule has 0 spiro atoms. The molecule has 3 rings (SSSR count). The highest BCUT2D eigenvalue weighted by Gasteiger charge is 2.14. The molecule has 0 bridgehead atoms. The summed E-state index contributed by atoms with van der Waals surface area (Å²) in [6.45, 7) is 0. The number of aromatic nitrogens is 2. The number of fused-ring (bicyclic) bond motifs is 1. The number of hydrogen-bond acceptors (Lipinski definition) is 2. The molecule has 0 fully saturated rings. The van der Waals surface area contributed by atoms with Gasteiger partial charge < -0.3 is 0 Å². The van der Waals surface area contributed by atoms with E-state index in [0.29, 0.717) is 5.52 Å². The van der Waals surface area contributed by atoms with Gasteiger partial charge in [-0.3, -0.25) is 9.36 Å². The molecular weight excluding hydrogens is 413 g/mol. The van der Waals surface area contributed by atoms with Gasteiger partial charge in [0.05, 0.1) is 21.6 Å². The highest BCUT2D eigenvalue weighted by molar-refractivity contribution is 14.1. The lowest BCUT2D eigenvalue weighted by atomic mass is 10.2. The Bertz CT molecular complexity index is 906. The van der Waals surface area contributed by atoms with Crippen molar-refractivity contribution >= 4 is 45.1 Å². The van der Waals surface area contributed by atoms with E-state index < -0.39 is 17.2 Å². The summed E-state index contributed by atoms with van der Waals surface area (Å²) in [7, 11) is 0. The number of halogens is 4. The van der Waals surface area contributed by atoms with Gasteiger partial charge in [0, 0.05) is 28.7 Å². The predicted molar refractivity (Wildman–Crippen MR) is 85.0 cm³/mol. The van der Waals surface area contributed by atoms with Crippen LogP contribution in [0.2, 0.25) is 5.02 Å². The minimum atomic E-state index is -0.771. The SMILES string of the molecule is O=c1c2c(Cl)cccc2nc(I)n1-c1cc(F)cc(F)c1. The lowest BCUT2D eigenvalue weighted by molar-refractivity contribution is 0.581. The first-order valence-electron chi connectivity index (χ1n) is 5.80. The van der Waals surface area contributed by atoms with Gasteiger partial charge in [0.2, 0.25) is 0 Å². The van der Waals surface area contributed by atoms with Crippen LogP contribution in [0.1, 0.15) is 0 Å². The molecule has 21 heavy (non-hydrogen) atoms. The summed E-state index contributed by atoms with van der Waals surface area (Å²) in [5, 5.41) is 0.455. The summed E-state index contributed by atoms with van der Waals surface area (Å²) in [5.41, 5.74) is 0.0289. The molecule has 0 atom stereocenters. The van der Waals surface area contributed by atoms with Crippen molar-refractivity contribution in [2.45, 2.75) is 0 Å². The van der Waals surface area contributed by atoms with Gasteiger partial charge in [-0.05, 0) is 24.3 Å². The van der Waals surface area contributed by atoms with Crippen molar-refractivity contribution < 1.29 is 8.78 Å². The highest BCUT2D eigenvalue weighted by Crippen LogP contribution is 2.21. The zero-order valence-corrected chi connectivity index (χ0v) is 13.2. The maximum atomic E-state index is 13.4. The summed E-state index contributed by atoms with van der Waals surface area (Å²) in [6, 6.07) is 7.77. The predicted octanol–water partition coefficient (Wildman–Crippen LogP) is 3.92. The van der Waals surface area contributed by atoms with E-state index in [2.05, 4.69) is 4.98 Å². The van der Waals surface area contributed by atoms with E-state index in [-0.39, 0.29) is 19.9 Å². The maximum absolute atomic E-state index is 13.4. The molecule has 0 radical (unpaired) electrons.